The van der Waals surface area contributed by atoms with Gasteiger partial charge in [-0.1, -0.05) is 0 Å². The Morgan fingerprint density at radius 1 is 1.13 bits per heavy atom. The van der Waals surface area contributed by atoms with Gasteiger partial charge in [0.1, 0.15) is 22.8 Å². The summed E-state index contributed by atoms with van der Waals surface area (Å²) in [6.07, 6.45) is 0.346. The fourth-order valence-corrected chi connectivity index (χ4v) is 2.72. The van der Waals surface area contributed by atoms with E-state index in [0.717, 1.165) is 5.56 Å². The van der Waals surface area contributed by atoms with Crippen LogP contribution in [0.4, 0.5) is 0 Å². The molecule has 23 heavy (non-hydrogen) atoms. The summed E-state index contributed by atoms with van der Waals surface area (Å²) >= 11 is 0. The van der Waals surface area contributed by atoms with Gasteiger partial charge in [-0.3, -0.25) is 4.79 Å². The smallest absolute Gasteiger partial charge is 0.309 e. The van der Waals surface area contributed by atoms with Crippen molar-refractivity contribution in [1.29, 1.82) is 0 Å². The number of benzene rings is 1. The number of aliphatic carboxylic acids is 1. The Balaban J connectivity index is 3.10. The van der Waals surface area contributed by atoms with Gasteiger partial charge in [-0.25, -0.2) is 0 Å². The summed E-state index contributed by atoms with van der Waals surface area (Å²) in [5.74, 6) is 0.843. The minimum absolute atomic E-state index is 0.280. The molecule has 0 atom stereocenters. The molecule has 1 aromatic rings. The van der Waals surface area contributed by atoms with E-state index in [1.807, 2.05) is 13.8 Å². The first-order valence-electron chi connectivity index (χ1n) is 7.43. The zero-order valence-electron chi connectivity index (χ0n) is 14.7. The third-order valence-corrected chi connectivity index (χ3v) is 3.63. The lowest BCUT2D eigenvalue weighted by Crippen LogP contribution is -2.38. The molecular weight excluding hydrogens is 298 g/mol. The lowest BCUT2D eigenvalue weighted by molar-refractivity contribution is -0.149. The molecule has 0 aliphatic heterocycles. The van der Waals surface area contributed by atoms with Crippen LogP contribution in [0.1, 0.15) is 39.7 Å². The average molecular weight is 325 g/mol. The van der Waals surface area contributed by atoms with Crippen molar-refractivity contribution >= 4 is 5.97 Å². The Kier molecular flexibility index (Phi) is 5.88. The second kappa shape index (κ2) is 7.08. The fraction of sp³-hybridized carbons (Fsp3) is 0.588. The summed E-state index contributed by atoms with van der Waals surface area (Å²) in [7, 11) is 3.10. The monoisotopic (exact) mass is 325 g/mol. The SMILES string of the molecule is COc1cc(OC(C)(C)CC(C)(C)C(=O)O)cc(OC)c1CN. The lowest BCUT2D eigenvalue weighted by Gasteiger charge is -2.33. The van der Waals surface area contributed by atoms with Gasteiger partial charge in [-0.05, 0) is 27.7 Å². The number of carbonyl (C=O) groups is 1. The molecule has 1 rings (SSSR count). The second-order valence-corrected chi connectivity index (χ2v) is 6.74. The molecule has 0 aromatic heterocycles. The van der Waals surface area contributed by atoms with Gasteiger partial charge >= 0.3 is 5.97 Å². The molecule has 6 nitrogen and oxygen atoms in total. The van der Waals surface area contributed by atoms with E-state index >= 15 is 0 Å². The summed E-state index contributed by atoms with van der Waals surface area (Å²) in [6.45, 7) is 7.35. The topological polar surface area (TPSA) is 91.0 Å². The van der Waals surface area contributed by atoms with Gasteiger partial charge in [0.2, 0.25) is 0 Å². The van der Waals surface area contributed by atoms with E-state index in [1.165, 1.54) is 0 Å². The van der Waals surface area contributed by atoms with Crippen LogP contribution in [0.15, 0.2) is 12.1 Å². The Morgan fingerprint density at radius 2 is 1.61 bits per heavy atom. The van der Waals surface area contributed by atoms with Crippen LogP contribution in [0, 0.1) is 5.41 Å². The van der Waals surface area contributed by atoms with Crippen molar-refractivity contribution in [3.63, 3.8) is 0 Å². The van der Waals surface area contributed by atoms with E-state index in [2.05, 4.69) is 0 Å². The van der Waals surface area contributed by atoms with E-state index < -0.39 is 17.0 Å². The van der Waals surface area contributed by atoms with Crippen molar-refractivity contribution in [3.8, 4) is 17.2 Å². The predicted molar refractivity (Wildman–Crippen MR) is 88.2 cm³/mol. The summed E-state index contributed by atoms with van der Waals surface area (Å²) in [4.78, 5) is 11.3. The first-order valence-corrected chi connectivity index (χ1v) is 7.43. The molecule has 3 N–H and O–H groups in total. The molecule has 0 bridgehead atoms. The molecule has 0 spiro atoms. The first-order chi connectivity index (χ1) is 10.6. The van der Waals surface area contributed by atoms with E-state index in [0.29, 0.717) is 23.7 Å². The number of carboxylic acid groups (broad SMARTS) is 1. The third-order valence-electron chi connectivity index (χ3n) is 3.63. The highest BCUT2D eigenvalue weighted by atomic mass is 16.5. The van der Waals surface area contributed by atoms with Gasteiger partial charge in [0.25, 0.3) is 0 Å². The van der Waals surface area contributed by atoms with E-state index in [1.54, 1.807) is 40.2 Å². The minimum atomic E-state index is -0.894. The van der Waals surface area contributed by atoms with Crippen molar-refractivity contribution in [2.24, 2.45) is 11.1 Å². The van der Waals surface area contributed by atoms with E-state index in [4.69, 9.17) is 19.9 Å². The van der Waals surface area contributed by atoms with Crippen LogP contribution in [0.2, 0.25) is 0 Å². The maximum atomic E-state index is 11.3. The number of hydrogen-bond donors (Lipinski definition) is 2. The zero-order valence-corrected chi connectivity index (χ0v) is 14.7. The molecule has 0 radical (unpaired) electrons. The summed E-state index contributed by atoms with van der Waals surface area (Å²) in [5.41, 5.74) is 4.91. The van der Waals surface area contributed by atoms with Crippen molar-refractivity contribution in [3.05, 3.63) is 17.7 Å². The maximum absolute atomic E-state index is 11.3. The predicted octanol–water partition coefficient (Wildman–Crippen LogP) is 2.82. The second-order valence-electron chi connectivity index (χ2n) is 6.74. The Bertz CT molecular complexity index is 541. The van der Waals surface area contributed by atoms with Gasteiger partial charge in [0, 0.05) is 30.7 Å². The van der Waals surface area contributed by atoms with Crippen LogP contribution >= 0.6 is 0 Å². The molecule has 0 saturated carbocycles. The summed E-state index contributed by atoms with van der Waals surface area (Å²) < 4.78 is 16.7. The number of ether oxygens (including phenoxy) is 3. The Hall–Kier alpha value is -1.95. The van der Waals surface area contributed by atoms with Crippen LogP contribution < -0.4 is 19.9 Å². The highest BCUT2D eigenvalue weighted by Gasteiger charge is 2.36. The van der Waals surface area contributed by atoms with E-state index in [9.17, 15) is 9.90 Å². The highest BCUT2D eigenvalue weighted by Crippen LogP contribution is 2.37. The molecule has 130 valence electrons. The van der Waals surface area contributed by atoms with Gasteiger partial charge in [0.05, 0.1) is 19.6 Å². The first kappa shape index (κ1) is 19.1. The summed E-state index contributed by atoms with van der Waals surface area (Å²) in [5, 5.41) is 9.29. The molecule has 0 aliphatic carbocycles. The van der Waals surface area contributed by atoms with Gasteiger partial charge in [-0.15, -0.1) is 0 Å². The average Bonchev–Trinajstić information content (AvgIpc) is 2.44. The van der Waals surface area contributed by atoms with Gasteiger partial charge < -0.3 is 25.1 Å². The highest BCUT2D eigenvalue weighted by molar-refractivity contribution is 5.73. The normalized spacial score (nSPS) is 12.0. The van der Waals surface area contributed by atoms with Gasteiger partial charge in [0.15, 0.2) is 0 Å². The quantitative estimate of drug-likeness (QED) is 0.764. The van der Waals surface area contributed by atoms with Crippen LogP contribution in [0.25, 0.3) is 0 Å². The molecule has 0 saturated heterocycles. The van der Waals surface area contributed by atoms with Crippen LogP contribution in [0.5, 0.6) is 17.2 Å². The maximum Gasteiger partial charge on any atom is 0.309 e. The molecular formula is C17H27NO5. The minimum Gasteiger partial charge on any atom is -0.496 e. The Labute approximate surface area is 137 Å². The van der Waals surface area contributed by atoms with Crippen molar-refractivity contribution < 1.29 is 24.1 Å². The van der Waals surface area contributed by atoms with Crippen LogP contribution in [-0.4, -0.2) is 30.9 Å². The zero-order chi connectivity index (χ0) is 17.8. The molecule has 0 amide bonds. The molecule has 0 heterocycles. The largest absolute Gasteiger partial charge is 0.496 e. The number of rotatable bonds is 8. The molecule has 1 aromatic carbocycles. The molecule has 0 aliphatic rings. The van der Waals surface area contributed by atoms with Gasteiger partial charge in [-0.2, -0.15) is 0 Å². The van der Waals surface area contributed by atoms with Crippen LogP contribution in [-0.2, 0) is 11.3 Å². The van der Waals surface area contributed by atoms with Crippen molar-refractivity contribution in [1.82, 2.24) is 0 Å². The van der Waals surface area contributed by atoms with Crippen molar-refractivity contribution in [2.75, 3.05) is 14.2 Å². The van der Waals surface area contributed by atoms with Crippen LogP contribution in [0.3, 0.4) is 0 Å². The molecule has 0 unspecified atom stereocenters. The Morgan fingerprint density at radius 3 is 1.96 bits per heavy atom. The third kappa shape index (κ3) is 4.76. The number of hydrogen-bond acceptors (Lipinski definition) is 5. The standard InChI is InChI=1S/C17H27NO5/c1-16(2,15(19)20)10-17(3,4)23-11-7-13(21-5)12(9-18)14(8-11)22-6/h7-8H,9-10,18H2,1-6H3,(H,19,20). The number of methoxy groups -OCH3 is 2. The lowest BCUT2D eigenvalue weighted by atomic mass is 9.82. The van der Waals surface area contributed by atoms with E-state index in [-0.39, 0.29) is 6.54 Å². The number of carboxylic acids is 1. The summed E-state index contributed by atoms with van der Waals surface area (Å²) in [6, 6.07) is 3.47. The van der Waals surface area contributed by atoms with Crippen molar-refractivity contribution in [2.45, 2.75) is 46.3 Å². The number of nitrogens with two attached hydrogens (primary N) is 1. The fourth-order valence-electron chi connectivity index (χ4n) is 2.72. The molecule has 0 fully saturated rings. The molecule has 6 heteroatoms.